The molecule has 1 atom stereocenters. The Kier molecular flexibility index (Phi) is 4.58. The molecule has 1 saturated heterocycles. The summed E-state index contributed by atoms with van der Waals surface area (Å²) in [6, 6.07) is 7.41. The van der Waals surface area contributed by atoms with Crippen LogP contribution in [0.4, 0.5) is 5.69 Å². The molecule has 0 aliphatic carbocycles. The molecule has 29 heavy (non-hydrogen) atoms. The number of likely N-dealkylation sites (tertiary alicyclic amines) is 1. The summed E-state index contributed by atoms with van der Waals surface area (Å²) in [4.78, 5) is 55.8. The van der Waals surface area contributed by atoms with E-state index < -0.39 is 23.8 Å². The lowest BCUT2D eigenvalue weighted by Crippen LogP contribution is -2.59. The molecule has 2 N–H and O–H groups in total. The van der Waals surface area contributed by atoms with Crippen molar-refractivity contribution < 1.29 is 19.2 Å². The number of benzene rings is 2. The summed E-state index contributed by atoms with van der Waals surface area (Å²) < 4.78 is 0. The number of nitrogens with zero attached hydrogens (tertiary/aromatic N) is 3. The molecular weight excluding hydrogens is 372 g/mol. The van der Waals surface area contributed by atoms with Crippen LogP contribution in [0.3, 0.4) is 0 Å². The predicted molar refractivity (Wildman–Crippen MR) is 107 cm³/mol. The molecule has 4 amide bonds. The molecule has 8 heteroatoms. The molecule has 2 aliphatic heterocycles. The van der Waals surface area contributed by atoms with Crippen molar-refractivity contribution in [2.24, 2.45) is 0 Å². The zero-order valence-electron chi connectivity index (χ0n) is 16.3. The van der Waals surface area contributed by atoms with E-state index in [4.69, 9.17) is 5.73 Å². The number of imide groups is 2. The van der Waals surface area contributed by atoms with E-state index in [1.54, 1.807) is 24.3 Å². The number of hydrogen-bond donors (Lipinski definition) is 1. The van der Waals surface area contributed by atoms with Crippen LogP contribution in [0.15, 0.2) is 30.3 Å². The maximum atomic E-state index is 13.3. The number of piperidine rings is 1. The van der Waals surface area contributed by atoms with Gasteiger partial charge in [0.1, 0.15) is 6.04 Å². The van der Waals surface area contributed by atoms with Gasteiger partial charge in [0.25, 0.3) is 17.7 Å². The molecule has 8 nitrogen and oxygen atoms in total. The van der Waals surface area contributed by atoms with Gasteiger partial charge in [0.15, 0.2) is 0 Å². The Bertz CT molecular complexity index is 1060. The highest BCUT2D eigenvalue weighted by Gasteiger charge is 2.45. The lowest BCUT2D eigenvalue weighted by Gasteiger charge is -2.38. The van der Waals surface area contributed by atoms with Crippen LogP contribution >= 0.6 is 0 Å². The monoisotopic (exact) mass is 394 g/mol. The van der Waals surface area contributed by atoms with Gasteiger partial charge in [-0.2, -0.15) is 0 Å². The van der Waals surface area contributed by atoms with E-state index in [2.05, 4.69) is 0 Å². The zero-order chi connectivity index (χ0) is 20.9. The molecule has 0 spiro atoms. The molecule has 4 rings (SSSR count). The first-order valence-corrected chi connectivity index (χ1v) is 9.48. The fraction of sp³-hybridized carbons (Fsp3) is 0.333. The SMILES string of the molecule is CN(C)CCN1C(=O)CCC(N2C(=O)c3cccc4cc(N)cc(c34)C2=O)C1=O. The van der Waals surface area contributed by atoms with Crippen LogP contribution in [-0.4, -0.2) is 71.6 Å². The minimum absolute atomic E-state index is 0.106. The van der Waals surface area contributed by atoms with Gasteiger partial charge in [0.2, 0.25) is 5.91 Å². The van der Waals surface area contributed by atoms with Gasteiger partial charge in [-0.15, -0.1) is 0 Å². The Morgan fingerprint density at radius 2 is 1.79 bits per heavy atom. The summed E-state index contributed by atoms with van der Waals surface area (Å²) >= 11 is 0. The van der Waals surface area contributed by atoms with E-state index in [9.17, 15) is 19.2 Å². The molecule has 0 aromatic heterocycles. The molecule has 2 aliphatic rings. The number of nitrogens with two attached hydrogens (primary N) is 1. The first-order chi connectivity index (χ1) is 13.8. The van der Waals surface area contributed by atoms with Crippen molar-refractivity contribution >= 4 is 40.1 Å². The summed E-state index contributed by atoms with van der Waals surface area (Å²) in [6.45, 7) is 0.723. The van der Waals surface area contributed by atoms with E-state index in [0.717, 1.165) is 9.80 Å². The van der Waals surface area contributed by atoms with E-state index in [-0.39, 0.29) is 25.3 Å². The standard InChI is InChI=1S/C21H22N4O4/c1-23(2)8-9-24-17(26)7-6-16(21(24)29)25-19(27)14-5-3-4-12-10-13(22)11-15(18(12)14)20(25)28/h3-5,10-11,16H,6-9,22H2,1-2H3. The maximum absolute atomic E-state index is 13.3. The van der Waals surface area contributed by atoms with Gasteiger partial charge in [-0.05, 0) is 44.1 Å². The predicted octanol–water partition coefficient (Wildman–Crippen LogP) is 1.10. The molecule has 0 bridgehead atoms. The molecule has 1 unspecified atom stereocenters. The third kappa shape index (κ3) is 3.05. The Labute approximate surface area is 167 Å². The van der Waals surface area contributed by atoms with Gasteiger partial charge in [-0.1, -0.05) is 12.1 Å². The Balaban J connectivity index is 1.74. The van der Waals surface area contributed by atoms with E-state index >= 15 is 0 Å². The number of nitrogen functional groups attached to an aromatic ring is 1. The summed E-state index contributed by atoms with van der Waals surface area (Å²) in [7, 11) is 3.69. The first kappa shape index (κ1) is 19.1. The average Bonchev–Trinajstić information content (AvgIpc) is 2.67. The second-order valence-electron chi connectivity index (χ2n) is 7.69. The lowest BCUT2D eigenvalue weighted by molar-refractivity contribution is -0.151. The Hall–Kier alpha value is -3.26. The lowest BCUT2D eigenvalue weighted by atomic mass is 9.91. The minimum Gasteiger partial charge on any atom is -0.399 e. The van der Waals surface area contributed by atoms with Gasteiger partial charge in [-0.3, -0.25) is 29.0 Å². The Morgan fingerprint density at radius 1 is 1.07 bits per heavy atom. The quantitative estimate of drug-likeness (QED) is 0.615. The largest absolute Gasteiger partial charge is 0.399 e. The van der Waals surface area contributed by atoms with Crippen LogP contribution < -0.4 is 5.73 Å². The van der Waals surface area contributed by atoms with Crippen molar-refractivity contribution in [2.45, 2.75) is 18.9 Å². The molecule has 0 saturated carbocycles. The topological polar surface area (TPSA) is 104 Å². The van der Waals surface area contributed by atoms with Gasteiger partial charge in [0, 0.05) is 36.1 Å². The third-order valence-electron chi connectivity index (χ3n) is 5.46. The number of likely N-dealkylation sites (N-methyl/N-ethyl adjacent to an activating group) is 1. The second kappa shape index (κ2) is 6.97. The van der Waals surface area contributed by atoms with Gasteiger partial charge in [0.05, 0.1) is 5.56 Å². The van der Waals surface area contributed by atoms with Crippen LogP contribution in [0.1, 0.15) is 33.6 Å². The smallest absolute Gasteiger partial charge is 0.262 e. The van der Waals surface area contributed by atoms with Crippen LogP contribution in [-0.2, 0) is 9.59 Å². The maximum Gasteiger partial charge on any atom is 0.262 e. The molecular formula is C21H22N4O4. The van der Waals surface area contributed by atoms with Gasteiger partial charge >= 0.3 is 0 Å². The number of carbonyl (C=O) groups excluding carboxylic acids is 4. The van der Waals surface area contributed by atoms with E-state index in [1.165, 1.54) is 6.07 Å². The van der Waals surface area contributed by atoms with Crippen LogP contribution in [0.25, 0.3) is 10.8 Å². The summed E-state index contributed by atoms with van der Waals surface area (Å²) in [5, 5.41) is 1.26. The molecule has 2 aromatic carbocycles. The average molecular weight is 394 g/mol. The van der Waals surface area contributed by atoms with Gasteiger partial charge < -0.3 is 10.6 Å². The van der Waals surface area contributed by atoms with Crippen LogP contribution in [0, 0.1) is 0 Å². The highest BCUT2D eigenvalue weighted by Crippen LogP contribution is 2.34. The second-order valence-corrected chi connectivity index (χ2v) is 7.69. The summed E-state index contributed by atoms with van der Waals surface area (Å²) in [6.07, 6.45) is 0.232. The van der Waals surface area contributed by atoms with E-state index in [0.29, 0.717) is 34.1 Å². The molecule has 2 aromatic rings. The zero-order valence-corrected chi connectivity index (χ0v) is 16.3. The summed E-state index contributed by atoms with van der Waals surface area (Å²) in [5.74, 6) is -1.86. The van der Waals surface area contributed by atoms with Crippen LogP contribution in [0.5, 0.6) is 0 Å². The highest BCUT2D eigenvalue weighted by atomic mass is 16.2. The highest BCUT2D eigenvalue weighted by molar-refractivity contribution is 6.27. The normalized spacial score (nSPS) is 19.6. The fourth-order valence-electron chi connectivity index (χ4n) is 4.03. The molecule has 0 radical (unpaired) electrons. The molecule has 150 valence electrons. The van der Waals surface area contributed by atoms with E-state index in [1.807, 2.05) is 19.0 Å². The van der Waals surface area contributed by atoms with Crippen molar-refractivity contribution in [3.8, 4) is 0 Å². The van der Waals surface area contributed by atoms with Crippen molar-refractivity contribution in [2.75, 3.05) is 32.9 Å². The number of hydrogen-bond acceptors (Lipinski definition) is 6. The number of rotatable bonds is 4. The summed E-state index contributed by atoms with van der Waals surface area (Å²) in [5.41, 5.74) is 7.03. The van der Waals surface area contributed by atoms with Crippen molar-refractivity contribution in [3.05, 3.63) is 41.5 Å². The molecule has 2 heterocycles. The number of amides is 4. The third-order valence-corrected chi connectivity index (χ3v) is 5.46. The molecule has 1 fully saturated rings. The minimum atomic E-state index is -1.00. The van der Waals surface area contributed by atoms with Crippen molar-refractivity contribution in [1.82, 2.24) is 14.7 Å². The number of anilines is 1. The first-order valence-electron chi connectivity index (χ1n) is 9.48. The van der Waals surface area contributed by atoms with Crippen LogP contribution in [0.2, 0.25) is 0 Å². The fourth-order valence-corrected chi connectivity index (χ4v) is 4.03. The van der Waals surface area contributed by atoms with Crippen molar-refractivity contribution in [3.63, 3.8) is 0 Å². The Morgan fingerprint density at radius 3 is 2.52 bits per heavy atom. The number of carbonyl (C=O) groups is 4. The van der Waals surface area contributed by atoms with Gasteiger partial charge in [-0.25, -0.2) is 0 Å². The van der Waals surface area contributed by atoms with Crippen molar-refractivity contribution in [1.29, 1.82) is 0 Å².